The SMILES string of the molecule is CC.CC.CCC.CCC.Cc1ccc(N(c2ccccc2)c2ccc3cc(C)ccc3c2)cc1. The molecule has 0 N–H and O–H groups in total. The number of aryl methyl sites for hydroxylation is 2. The van der Waals surface area contributed by atoms with E-state index < -0.39 is 0 Å². The summed E-state index contributed by atoms with van der Waals surface area (Å²) >= 11 is 0. The second-order valence-corrected chi connectivity index (χ2v) is 7.96. The Morgan fingerprint density at radius 2 is 0.857 bits per heavy atom. The molecule has 190 valence electrons. The van der Waals surface area contributed by atoms with Gasteiger partial charge in [-0.25, -0.2) is 0 Å². The van der Waals surface area contributed by atoms with E-state index in [9.17, 15) is 0 Å². The van der Waals surface area contributed by atoms with Crippen LogP contribution in [-0.2, 0) is 0 Å². The molecule has 0 bridgehead atoms. The fraction of sp³-hybridized carbons (Fsp3) is 0.353. The number of para-hydroxylation sites is 1. The Labute approximate surface area is 216 Å². The number of hydrogen-bond donors (Lipinski definition) is 0. The highest BCUT2D eigenvalue weighted by Gasteiger charge is 2.12. The van der Waals surface area contributed by atoms with E-state index in [1.54, 1.807) is 0 Å². The Bertz CT molecular complexity index is 1030. The van der Waals surface area contributed by atoms with E-state index in [0.29, 0.717) is 0 Å². The molecule has 0 unspecified atom stereocenters. The summed E-state index contributed by atoms with van der Waals surface area (Å²) in [4.78, 5) is 2.30. The van der Waals surface area contributed by atoms with Gasteiger partial charge in [0.1, 0.15) is 0 Å². The van der Waals surface area contributed by atoms with Crippen molar-refractivity contribution in [1.29, 1.82) is 0 Å². The zero-order valence-corrected chi connectivity index (χ0v) is 24.0. The van der Waals surface area contributed by atoms with Gasteiger partial charge in [0.05, 0.1) is 0 Å². The van der Waals surface area contributed by atoms with E-state index in [1.807, 2.05) is 27.7 Å². The molecule has 4 aromatic carbocycles. The first-order valence-corrected chi connectivity index (χ1v) is 13.5. The van der Waals surface area contributed by atoms with Gasteiger partial charge in [-0.2, -0.15) is 0 Å². The van der Waals surface area contributed by atoms with Crippen molar-refractivity contribution in [1.82, 2.24) is 0 Å². The van der Waals surface area contributed by atoms with Gasteiger partial charge in [-0.3, -0.25) is 0 Å². The van der Waals surface area contributed by atoms with Crippen molar-refractivity contribution in [3.8, 4) is 0 Å². The van der Waals surface area contributed by atoms with Gasteiger partial charge in [0, 0.05) is 17.1 Å². The molecule has 1 nitrogen and oxygen atoms in total. The first-order valence-electron chi connectivity index (χ1n) is 13.5. The highest BCUT2D eigenvalue weighted by atomic mass is 15.1. The van der Waals surface area contributed by atoms with Crippen molar-refractivity contribution < 1.29 is 0 Å². The molecule has 0 aliphatic rings. The molecule has 35 heavy (non-hydrogen) atoms. The first-order chi connectivity index (χ1) is 17.0. The first kappa shape index (κ1) is 31.9. The fourth-order valence-electron chi connectivity index (χ4n) is 3.21. The maximum absolute atomic E-state index is 2.30. The second kappa shape index (κ2) is 19.3. The molecular formula is C34H49N. The van der Waals surface area contributed by atoms with Gasteiger partial charge in [0.25, 0.3) is 0 Å². The summed E-state index contributed by atoms with van der Waals surface area (Å²) in [7, 11) is 0. The molecular weight excluding hydrogens is 422 g/mol. The lowest BCUT2D eigenvalue weighted by Crippen LogP contribution is -2.09. The predicted octanol–water partition coefficient (Wildman–Crippen LogP) is 11.8. The molecule has 0 aliphatic carbocycles. The van der Waals surface area contributed by atoms with E-state index in [1.165, 1.54) is 46.1 Å². The number of fused-ring (bicyclic) bond motifs is 1. The minimum atomic E-state index is 1.16. The maximum atomic E-state index is 2.30. The lowest BCUT2D eigenvalue weighted by atomic mass is 10.1. The number of rotatable bonds is 3. The molecule has 0 radical (unpaired) electrons. The normalized spacial score (nSPS) is 9.09. The van der Waals surface area contributed by atoms with Crippen LogP contribution in [0, 0.1) is 13.8 Å². The third-order valence-corrected chi connectivity index (χ3v) is 4.54. The highest BCUT2D eigenvalue weighted by Crippen LogP contribution is 2.35. The summed E-state index contributed by atoms with van der Waals surface area (Å²) in [5.74, 6) is 0. The van der Waals surface area contributed by atoms with Gasteiger partial charge < -0.3 is 4.90 Å². The largest absolute Gasteiger partial charge is 0.310 e. The van der Waals surface area contributed by atoms with Crippen LogP contribution >= 0.6 is 0 Å². The van der Waals surface area contributed by atoms with E-state index in [4.69, 9.17) is 0 Å². The van der Waals surface area contributed by atoms with E-state index in [-0.39, 0.29) is 0 Å². The number of anilines is 3. The van der Waals surface area contributed by atoms with Gasteiger partial charge in [-0.1, -0.05) is 134 Å². The van der Waals surface area contributed by atoms with Crippen molar-refractivity contribution in [3.63, 3.8) is 0 Å². The van der Waals surface area contributed by atoms with Gasteiger partial charge in [0.15, 0.2) is 0 Å². The lowest BCUT2D eigenvalue weighted by Gasteiger charge is -2.26. The van der Waals surface area contributed by atoms with Crippen molar-refractivity contribution in [2.75, 3.05) is 4.90 Å². The lowest BCUT2D eigenvalue weighted by molar-refractivity contribution is 1.09. The van der Waals surface area contributed by atoms with Crippen LogP contribution in [0.2, 0.25) is 0 Å². The summed E-state index contributed by atoms with van der Waals surface area (Å²) in [5, 5.41) is 2.54. The summed E-state index contributed by atoms with van der Waals surface area (Å²) in [6, 6.07) is 32.5. The Kier molecular flexibility index (Phi) is 17.6. The van der Waals surface area contributed by atoms with Crippen LogP contribution < -0.4 is 4.90 Å². The zero-order valence-electron chi connectivity index (χ0n) is 24.0. The van der Waals surface area contributed by atoms with Gasteiger partial charge in [0.2, 0.25) is 0 Å². The molecule has 4 rings (SSSR count). The third kappa shape index (κ3) is 10.8. The molecule has 0 saturated heterocycles. The highest BCUT2D eigenvalue weighted by molar-refractivity contribution is 5.89. The Morgan fingerprint density at radius 1 is 0.457 bits per heavy atom. The molecule has 0 aliphatic heterocycles. The predicted molar refractivity (Wildman–Crippen MR) is 163 cm³/mol. The fourth-order valence-corrected chi connectivity index (χ4v) is 3.21. The molecule has 0 aromatic heterocycles. The maximum Gasteiger partial charge on any atom is 0.0468 e. The van der Waals surface area contributed by atoms with Crippen LogP contribution in [0.5, 0.6) is 0 Å². The summed E-state index contributed by atoms with van der Waals surface area (Å²) in [6.45, 7) is 20.8. The van der Waals surface area contributed by atoms with Crippen molar-refractivity contribution in [2.45, 2.75) is 82.1 Å². The molecule has 4 aromatic rings. The zero-order chi connectivity index (χ0) is 26.6. The molecule has 0 atom stereocenters. The van der Waals surface area contributed by atoms with Crippen LogP contribution in [0.15, 0.2) is 91.0 Å². The van der Waals surface area contributed by atoms with Crippen LogP contribution in [0.25, 0.3) is 10.8 Å². The van der Waals surface area contributed by atoms with Crippen molar-refractivity contribution in [2.24, 2.45) is 0 Å². The van der Waals surface area contributed by atoms with Crippen LogP contribution in [0.4, 0.5) is 17.1 Å². The third-order valence-electron chi connectivity index (χ3n) is 4.54. The molecule has 0 saturated carbocycles. The Hall–Kier alpha value is -3.06. The quantitative estimate of drug-likeness (QED) is 0.287. The number of nitrogens with zero attached hydrogens (tertiary/aromatic N) is 1. The molecule has 0 spiro atoms. The van der Waals surface area contributed by atoms with Crippen LogP contribution in [-0.4, -0.2) is 0 Å². The molecule has 1 heteroatoms. The average Bonchev–Trinajstić information content (AvgIpc) is 2.89. The minimum Gasteiger partial charge on any atom is -0.310 e. The van der Waals surface area contributed by atoms with Crippen LogP contribution in [0.3, 0.4) is 0 Å². The molecule has 0 amide bonds. The van der Waals surface area contributed by atoms with Crippen molar-refractivity contribution in [3.05, 3.63) is 102 Å². The summed E-state index contributed by atoms with van der Waals surface area (Å²) in [5.41, 5.74) is 6.07. The van der Waals surface area contributed by atoms with E-state index in [0.717, 1.165) is 5.69 Å². The van der Waals surface area contributed by atoms with Gasteiger partial charge >= 0.3 is 0 Å². The summed E-state index contributed by atoms with van der Waals surface area (Å²) in [6.07, 6.45) is 2.50. The average molecular weight is 472 g/mol. The monoisotopic (exact) mass is 471 g/mol. The van der Waals surface area contributed by atoms with Gasteiger partial charge in [-0.15, -0.1) is 0 Å². The topological polar surface area (TPSA) is 3.24 Å². The second-order valence-electron chi connectivity index (χ2n) is 7.96. The van der Waals surface area contributed by atoms with Gasteiger partial charge in [-0.05, 0) is 61.0 Å². The summed E-state index contributed by atoms with van der Waals surface area (Å²) < 4.78 is 0. The van der Waals surface area contributed by atoms with E-state index >= 15 is 0 Å². The number of hydrogen-bond acceptors (Lipinski definition) is 1. The standard InChI is InChI=1S/C24H21N.2C3H8.2C2H6/c1-18-9-13-23(14-10-18)25(22-6-4-3-5-7-22)24-15-12-20-16-19(2)8-11-21(20)17-24;2*1-3-2;2*1-2/h3-17H,1-2H3;2*3H2,1-2H3;2*1-2H3. The number of benzene rings is 4. The van der Waals surface area contributed by atoms with E-state index in [2.05, 4.69) is 137 Å². The molecule has 0 fully saturated rings. The molecule has 0 heterocycles. The van der Waals surface area contributed by atoms with Crippen molar-refractivity contribution >= 4 is 27.8 Å². The minimum absolute atomic E-state index is 1.16. The Morgan fingerprint density at radius 3 is 1.40 bits per heavy atom. The Balaban J connectivity index is 0.00000102. The van der Waals surface area contributed by atoms with Crippen LogP contribution in [0.1, 0.15) is 79.4 Å². The smallest absolute Gasteiger partial charge is 0.0468 e.